The van der Waals surface area contributed by atoms with E-state index >= 15 is 0 Å². The quantitative estimate of drug-likeness (QED) is 0.814. The first-order chi connectivity index (χ1) is 7.16. The second kappa shape index (κ2) is 4.19. The van der Waals surface area contributed by atoms with E-state index < -0.39 is 0 Å². The molecule has 2 N–H and O–H groups in total. The summed E-state index contributed by atoms with van der Waals surface area (Å²) in [6, 6.07) is 3.79. The maximum Gasteiger partial charge on any atom is 0.0772 e. The Morgan fingerprint density at radius 1 is 1.60 bits per heavy atom. The molecule has 0 aromatic carbocycles. The molecule has 1 aliphatic carbocycles. The van der Waals surface area contributed by atoms with E-state index in [1.165, 1.54) is 6.42 Å². The molecular weight excluding hydrogens is 186 g/mol. The molecule has 1 aromatic rings. The summed E-state index contributed by atoms with van der Waals surface area (Å²) in [4.78, 5) is 6.61. The summed E-state index contributed by atoms with van der Waals surface area (Å²) in [5.74, 6) is 1.80. The molecular formula is C12H19N3. The van der Waals surface area contributed by atoms with Gasteiger partial charge in [0.15, 0.2) is 0 Å². The maximum absolute atomic E-state index is 5.85. The van der Waals surface area contributed by atoms with Gasteiger partial charge in [-0.2, -0.15) is 0 Å². The molecule has 2 rings (SSSR count). The number of hydrogen-bond acceptors (Lipinski definition) is 3. The lowest BCUT2D eigenvalue weighted by Crippen LogP contribution is -2.22. The topological polar surface area (TPSA) is 42.2 Å². The van der Waals surface area contributed by atoms with E-state index in [1.54, 1.807) is 6.20 Å². The summed E-state index contributed by atoms with van der Waals surface area (Å²) in [6.45, 7) is 4.33. The molecule has 1 aromatic heterocycles. The third kappa shape index (κ3) is 2.69. The Labute approximate surface area is 91.3 Å². The number of anilines is 1. The van der Waals surface area contributed by atoms with Gasteiger partial charge < -0.3 is 10.6 Å². The Balaban J connectivity index is 1.88. The second-order valence-corrected chi connectivity index (χ2v) is 4.71. The van der Waals surface area contributed by atoms with Crippen LogP contribution in [0.15, 0.2) is 18.3 Å². The van der Waals surface area contributed by atoms with Gasteiger partial charge in [-0.15, -0.1) is 0 Å². The summed E-state index contributed by atoms with van der Waals surface area (Å²) < 4.78 is 0. The molecule has 2 atom stereocenters. The normalized spacial score (nSPS) is 24.5. The van der Waals surface area contributed by atoms with Crippen molar-refractivity contribution in [3.8, 4) is 0 Å². The van der Waals surface area contributed by atoms with Gasteiger partial charge in [0.1, 0.15) is 0 Å². The maximum atomic E-state index is 5.85. The van der Waals surface area contributed by atoms with Crippen molar-refractivity contribution >= 4 is 5.69 Å². The zero-order valence-corrected chi connectivity index (χ0v) is 9.48. The van der Waals surface area contributed by atoms with Crippen molar-refractivity contribution in [1.29, 1.82) is 0 Å². The van der Waals surface area contributed by atoms with E-state index in [1.807, 2.05) is 12.1 Å². The third-order valence-electron chi connectivity index (χ3n) is 3.17. The molecule has 1 heterocycles. The van der Waals surface area contributed by atoms with Crippen LogP contribution in [0.2, 0.25) is 0 Å². The summed E-state index contributed by atoms with van der Waals surface area (Å²) in [6.07, 6.45) is 3.18. The lowest BCUT2D eigenvalue weighted by atomic mass is 10.2. The SMILES string of the molecule is CC1CC1CN(C)Cc1ncccc1N. The molecule has 1 aliphatic rings. The van der Waals surface area contributed by atoms with Crippen LogP contribution >= 0.6 is 0 Å². The number of pyridine rings is 1. The largest absolute Gasteiger partial charge is 0.397 e. The number of hydrogen-bond donors (Lipinski definition) is 1. The predicted octanol–water partition coefficient (Wildman–Crippen LogP) is 1.75. The van der Waals surface area contributed by atoms with Gasteiger partial charge in [0, 0.05) is 19.3 Å². The first-order valence-electron chi connectivity index (χ1n) is 5.54. The monoisotopic (exact) mass is 205 g/mol. The average molecular weight is 205 g/mol. The molecule has 3 nitrogen and oxygen atoms in total. The first-order valence-corrected chi connectivity index (χ1v) is 5.54. The third-order valence-corrected chi connectivity index (χ3v) is 3.17. The van der Waals surface area contributed by atoms with Crippen molar-refractivity contribution in [2.24, 2.45) is 11.8 Å². The minimum atomic E-state index is 0.799. The van der Waals surface area contributed by atoms with Gasteiger partial charge in [-0.3, -0.25) is 4.98 Å². The molecule has 0 radical (unpaired) electrons. The summed E-state index contributed by atoms with van der Waals surface area (Å²) in [7, 11) is 2.14. The Bertz CT molecular complexity index is 337. The van der Waals surface area contributed by atoms with Crippen molar-refractivity contribution < 1.29 is 0 Å². The molecule has 3 heteroatoms. The average Bonchev–Trinajstić information content (AvgIpc) is 2.86. The Morgan fingerprint density at radius 3 is 2.93 bits per heavy atom. The number of aromatic nitrogens is 1. The lowest BCUT2D eigenvalue weighted by molar-refractivity contribution is 0.304. The van der Waals surface area contributed by atoms with Crippen LogP contribution < -0.4 is 5.73 Å². The van der Waals surface area contributed by atoms with Crippen LogP contribution in [-0.4, -0.2) is 23.5 Å². The molecule has 0 bridgehead atoms. The van der Waals surface area contributed by atoms with Gasteiger partial charge >= 0.3 is 0 Å². The van der Waals surface area contributed by atoms with Crippen LogP contribution in [0.1, 0.15) is 19.0 Å². The Hall–Kier alpha value is -1.09. The minimum Gasteiger partial charge on any atom is -0.397 e. The van der Waals surface area contributed by atoms with E-state index in [9.17, 15) is 0 Å². The van der Waals surface area contributed by atoms with Gasteiger partial charge in [-0.1, -0.05) is 6.92 Å². The fraction of sp³-hybridized carbons (Fsp3) is 0.583. The van der Waals surface area contributed by atoms with Gasteiger partial charge in [-0.25, -0.2) is 0 Å². The van der Waals surface area contributed by atoms with E-state index in [2.05, 4.69) is 23.9 Å². The van der Waals surface area contributed by atoms with E-state index in [-0.39, 0.29) is 0 Å². The molecule has 2 unspecified atom stereocenters. The molecule has 1 fully saturated rings. The number of nitrogens with zero attached hydrogens (tertiary/aromatic N) is 2. The zero-order chi connectivity index (χ0) is 10.8. The summed E-state index contributed by atoms with van der Waals surface area (Å²) in [5.41, 5.74) is 7.65. The van der Waals surface area contributed by atoms with E-state index in [0.29, 0.717) is 0 Å². The van der Waals surface area contributed by atoms with Gasteiger partial charge in [0.25, 0.3) is 0 Å². The molecule has 15 heavy (non-hydrogen) atoms. The van der Waals surface area contributed by atoms with Crippen molar-refractivity contribution in [3.63, 3.8) is 0 Å². The fourth-order valence-electron chi connectivity index (χ4n) is 1.96. The van der Waals surface area contributed by atoms with Crippen LogP contribution in [-0.2, 0) is 6.54 Å². The molecule has 0 saturated heterocycles. The zero-order valence-electron chi connectivity index (χ0n) is 9.48. The number of nitrogen functional groups attached to an aromatic ring is 1. The highest BCUT2D eigenvalue weighted by molar-refractivity contribution is 5.41. The standard InChI is InChI=1S/C12H19N3/c1-9-6-10(9)7-15(2)8-12-11(13)4-3-5-14-12/h3-5,9-10H,6-8,13H2,1-2H3. The van der Waals surface area contributed by atoms with Crippen molar-refractivity contribution in [2.75, 3.05) is 19.3 Å². The van der Waals surface area contributed by atoms with Crippen molar-refractivity contribution in [3.05, 3.63) is 24.0 Å². The van der Waals surface area contributed by atoms with Gasteiger partial charge in [0.05, 0.1) is 11.4 Å². The van der Waals surface area contributed by atoms with E-state index in [4.69, 9.17) is 5.73 Å². The summed E-state index contributed by atoms with van der Waals surface area (Å²) in [5, 5.41) is 0. The van der Waals surface area contributed by atoms with Crippen LogP contribution in [0.25, 0.3) is 0 Å². The van der Waals surface area contributed by atoms with Crippen LogP contribution in [0.5, 0.6) is 0 Å². The van der Waals surface area contributed by atoms with Crippen molar-refractivity contribution in [1.82, 2.24) is 9.88 Å². The summed E-state index contributed by atoms with van der Waals surface area (Å²) >= 11 is 0. The van der Waals surface area contributed by atoms with Gasteiger partial charge in [0.2, 0.25) is 0 Å². The van der Waals surface area contributed by atoms with Crippen LogP contribution in [0.4, 0.5) is 5.69 Å². The smallest absolute Gasteiger partial charge is 0.0772 e. The molecule has 0 spiro atoms. The highest BCUT2D eigenvalue weighted by Gasteiger charge is 2.33. The Morgan fingerprint density at radius 2 is 2.33 bits per heavy atom. The molecule has 0 aliphatic heterocycles. The minimum absolute atomic E-state index is 0.799. The number of rotatable bonds is 4. The van der Waals surface area contributed by atoms with E-state index in [0.717, 1.165) is 36.3 Å². The molecule has 1 saturated carbocycles. The first kappa shape index (κ1) is 10.4. The highest BCUT2D eigenvalue weighted by Crippen LogP contribution is 2.38. The lowest BCUT2D eigenvalue weighted by Gasteiger charge is -2.16. The molecule has 82 valence electrons. The van der Waals surface area contributed by atoms with Crippen LogP contribution in [0.3, 0.4) is 0 Å². The highest BCUT2D eigenvalue weighted by atomic mass is 15.1. The van der Waals surface area contributed by atoms with Gasteiger partial charge in [-0.05, 0) is 37.4 Å². The Kier molecular flexibility index (Phi) is 2.91. The number of nitrogens with two attached hydrogens (primary N) is 1. The van der Waals surface area contributed by atoms with Crippen LogP contribution in [0, 0.1) is 11.8 Å². The fourth-order valence-corrected chi connectivity index (χ4v) is 1.96. The second-order valence-electron chi connectivity index (χ2n) is 4.71. The molecule has 0 amide bonds. The predicted molar refractivity (Wildman–Crippen MR) is 62.3 cm³/mol. The van der Waals surface area contributed by atoms with Crippen molar-refractivity contribution in [2.45, 2.75) is 19.9 Å².